The van der Waals surface area contributed by atoms with E-state index in [0.29, 0.717) is 56.9 Å². The fraction of sp³-hybridized carbons (Fsp3) is 0.536. The summed E-state index contributed by atoms with van der Waals surface area (Å²) in [6.07, 6.45) is 4.48. The average Bonchev–Trinajstić information content (AvgIpc) is 3.54. The monoisotopic (exact) mass is 486 g/mol. The van der Waals surface area contributed by atoms with Crippen LogP contribution in [0.5, 0.6) is 5.75 Å². The van der Waals surface area contributed by atoms with Gasteiger partial charge in [0.2, 0.25) is 0 Å². The molecule has 1 aliphatic carbocycles. The number of hydrogen-bond acceptors (Lipinski definition) is 3. The number of aryl methyl sites for hydroxylation is 1. The Labute approximate surface area is 205 Å². The molecule has 2 aromatic rings. The standard InChI is InChI=1S/C28H33F3N2O2/c1-19-14-20(4-7-24(19)29)17-32-12-8-28(31,9-13-32)18-35-26-16-25(30)23(15-22(26)21-5-6-21)27(34)33-10-2-3-11-33/h4,7,14-16,21H,2-3,5-6,8-13,17-18H2,1H3. The van der Waals surface area contributed by atoms with Gasteiger partial charge in [-0.3, -0.25) is 9.69 Å². The average molecular weight is 487 g/mol. The third-order valence-corrected chi connectivity index (χ3v) is 7.61. The van der Waals surface area contributed by atoms with Gasteiger partial charge in [0.15, 0.2) is 0 Å². The SMILES string of the molecule is Cc1cc(CN2CCC(F)(COc3cc(F)c(C(=O)N4CCCC4)cc3C3CC3)CC2)ccc1F. The minimum absolute atomic E-state index is 0.0976. The van der Waals surface area contributed by atoms with E-state index < -0.39 is 11.5 Å². The highest BCUT2D eigenvalue weighted by atomic mass is 19.1. The first-order valence-corrected chi connectivity index (χ1v) is 12.7. The zero-order valence-electron chi connectivity index (χ0n) is 20.3. The zero-order valence-corrected chi connectivity index (χ0v) is 20.3. The Morgan fingerprint density at radius 2 is 1.74 bits per heavy atom. The van der Waals surface area contributed by atoms with Gasteiger partial charge in [-0.1, -0.05) is 12.1 Å². The first-order chi connectivity index (χ1) is 16.8. The van der Waals surface area contributed by atoms with Crippen molar-refractivity contribution < 1.29 is 22.7 Å². The van der Waals surface area contributed by atoms with Crippen LogP contribution in [0.1, 0.15) is 71.5 Å². The first-order valence-electron chi connectivity index (χ1n) is 12.7. The zero-order chi connectivity index (χ0) is 24.6. The van der Waals surface area contributed by atoms with Crippen LogP contribution in [0.25, 0.3) is 0 Å². The van der Waals surface area contributed by atoms with Crippen LogP contribution in [0, 0.1) is 18.6 Å². The van der Waals surface area contributed by atoms with Gasteiger partial charge in [0, 0.05) is 38.8 Å². The number of carbonyl (C=O) groups is 1. The summed E-state index contributed by atoms with van der Waals surface area (Å²) < 4.78 is 50.0. The normalized spacial score (nSPS) is 20.3. The predicted octanol–water partition coefficient (Wildman–Crippen LogP) is 5.77. The third-order valence-electron chi connectivity index (χ3n) is 7.61. The molecule has 188 valence electrons. The number of nitrogens with zero attached hydrogens (tertiary/aromatic N) is 2. The lowest BCUT2D eigenvalue weighted by molar-refractivity contribution is 0.0148. The fourth-order valence-electron chi connectivity index (χ4n) is 5.19. The molecule has 2 aliphatic heterocycles. The van der Waals surface area contributed by atoms with Crippen molar-refractivity contribution in [1.29, 1.82) is 0 Å². The number of halogens is 3. The van der Waals surface area contributed by atoms with Gasteiger partial charge in [-0.2, -0.15) is 0 Å². The van der Waals surface area contributed by atoms with Gasteiger partial charge in [-0.15, -0.1) is 0 Å². The van der Waals surface area contributed by atoms with Crippen LogP contribution in [0.4, 0.5) is 13.2 Å². The molecule has 3 aliphatic rings. The van der Waals surface area contributed by atoms with Gasteiger partial charge in [0.25, 0.3) is 5.91 Å². The number of carbonyl (C=O) groups excluding carboxylic acids is 1. The summed E-state index contributed by atoms with van der Waals surface area (Å²) in [5.41, 5.74) is 1.05. The Balaban J connectivity index is 1.21. The molecular formula is C28H33F3N2O2. The van der Waals surface area contributed by atoms with Gasteiger partial charge in [0.1, 0.15) is 29.7 Å². The summed E-state index contributed by atoms with van der Waals surface area (Å²) in [6.45, 7) is 4.74. The fourth-order valence-corrected chi connectivity index (χ4v) is 5.19. The Morgan fingerprint density at radius 3 is 2.40 bits per heavy atom. The van der Waals surface area contributed by atoms with Gasteiger partial charge >= 0.3 is 0 Å². The van der Waals surface area contributed by atoms with E-state index in [1.807, 2.05) is 6.07 Å². The molecule has 5 rings (SSSR count). The summed E-state index contributed by atoms with van der Waals surface area (Å²) in [7, 11) is 0. The van der Waals surface area contributed by atoms with Crippen molar-refractivity contribution in [1.82, 2.24) is 9.80 Å². The highest BCUT2D eigenvalue weighted by Crippen LogP contribution is 2.45. The van der Waals surface area contributed by atoms with E-state index in [0.717, 1.165) is 36.8 Å². The van der Waals surface area contributed by atoms with Gasteiger partial charge in [-0.25, -0.2) is 13.2 Å². The van der Waals surface area contributed by atoms with E-state index in [2.05, 4.69) is 4.90 Å². The number of amides is 1. The molecule has 7 heteroatoms. The quantitative estimate of drug-likeness (QED) is 0.498. The minimum atomic E-state index is -1.49. The third kappa shape index (κ3) is 5.50. The minimum Gasteiger partial charge on any atom is -0.490 e. The molecule has 2 aromatic carbocycles. The number of hydrogen-bond donors (Lipinski definition) is 0. The smallest absolute Gasteiger partial charge is 0.256 e. The molecule has 4 nitrogen and oxygen atoms in total. The largest absolute Gasteiger partial charge is 0.490 e. The van der Waals surface area contributed by atoms with E-state index >= 15 is 4.39 Å². The molecule has 0 aromatic heterocycles. The van der Waals surface area contributed by atoms with E-state index in [-0.39, 0.29) is 29.8 Å². The Morgan fingerprint density at radius 1 is 1.03 bits per heavy atom. The lowest BCUT2D eigenvalue weighted by Crippen LogP contribution is -2.44. The van der Waals surface area contributed by atoms with E-state index in [9.17, 15) is 13.6 Å². The van der Waals surface area contributed by atoms with Gasteiger partial charge in [0.05, 0.1) is 5.56 Å². The maximum absolute atomic E-state index is 15.6. The highest BCUT2D eigenvalue weighted by molar-refractivity contribution is 5.95. The molecule has 35 heavy (non-hydrogen) atoms. The van der Waals surface area contributed by atoms with Crippen molar-refractivity contribution in [3.63, 3.8) is 0 Å². The van der Waals surface area contributed by atoms with E-state index in [1.165, 1.54) is 12.1 Å². The second-order valence-electron chi connectivity index (χ2n) is 10.4. The summed E-state index contributed by atoms with van der Waals surface area (Å²) >= 11 is 0. The van der Waals surface area contributed by atoms with Crippen LogP contribution >= 0.6 is 0 Å². The molecule has 3 fully saturated rings. The number of rotatable bonds is 7. The Kier molecular flexibility index (Phi) is 6.80. The second kappa shape index (κ2) is 9.84. The summed E-state index contributed by atoms with van der Waals surface area (Å²) in [5, 5.41) is 0. The van der Waals surface area contributed by atoms with Crippen molar-refractivity contribution in [3.8, 4) is 5.75 Å². The van der Waals surface area contributed by atoms with Crippen molar-refractivity contribution in [3.05, 3.63) is 64.2 Å². The Bertz CT molecular complexity index is 1090. The molecular weight excluding hydrogens is 453 g/mol. The lowest BCUT2D eigenvalue weighted by atomic mass is 9.93. The number of benzene rings is 2. The number of ether oxygens (including phenoxy) is 1. The topological polar surface area (TPSA) is 32.8 Å². The Hall–Kier alpha value is -2.54. The molecule has 0 N–H and O–H groups in total. The molecule has 1 saturated carbocycles. The maximum Gasteiger partial charge on any atom is 0.256 e. The predicted molar refractivity (Wildman–Crippen MR) is 128 cm³/mol. The van der Waals surface area contributed by atoms with Crippen molar-refractivity contribution in [2.75, 3.05) is 32.8 Å². The van der Waals surface area contributed by atoms with Crippen molar-refractivity contribution in [2.24, 2.45) is 0 Å². The number of piperidine rings is 1. The molecule has 2 saturated heterocycles. The van der Waals surface area contributed by atoms with Crippen molar-refractivity contribution in [2.45, 2.75) is 63.6 Å². The van der Waals surface area contributed by atoms with Crippen LogP contribution in [-0.4, -0.2) is 54.2 Å². The van der Waals surface area contributed by atoms with Crippen LogP contribution in [0.3, 0.4) is 0 Å². The van der Waals surface area contributed by atoms with Crippen LogP contribution in [-0.2, 0) is 6.54 Å². The van der Waals surface area contributed by atoms with Crippen LogP contribution in [0.2, 0.25) is 0 Å². The molecule has 0 atom stereocenters. The second-order valence-corrected chi connectivity index (χ2v) is 10.4. The molecule has 0 spiro atoms. The van der Waals surface area contributed by atoms with Gasteiger partial charge < -0.3 is 9.64 Å². The maximum atomic E-state index is 15.6. The number of likely N-dealkylation sites (tertiary alicyclic amines) is 2. The van der Waals surface area contributed by atoms with Crippen molar-refractivity contribution >= 4 is 5.91 Å². The molecule has 0 radical (unpaired) electrons. The molecule has 0 bridgehead atoms. The lowest BCUT2D eigenvalue weighted by Gasteiger charge is -2.36. The molecule has 2 heterocycles. The summed E-state index contributed by atoms with van der Waals surface area (Å²) in [5.74, 6) is -0.475. The molecule has 1 amide bonds. The van der Waals surface area contributed by atoms with E-state index in [4.69, 9.17) is 4.74 Å². The first kappa shape index (κ1) is 24.2. The van der Waals surface area contributed by atoms with Gasteiger partial charge in [-0.05, 0) is 80.2 Å². The van der Waals surface area contributed by atoms with Crippen LogP contribution in [0.15, 0.2) is 30.3 Å². The number of alkyl halides is 1. The highest BCUT2D eigenvalue weighted by Gasteiger charge is 2.37. The summed E-state index contributed by atoms with van der Waals surface area (Å²) in [4.78, 5) is 16.7. The summed E-state index contributed by atoms with van der Waals surface area (Å²) in [6, 6.07) is 8.01. The van der Waals surface area contributed by atoms with E-state index in [1.54, 1.807) is 24.0 Å². The van der Waals surface area contributed by atoms with Crippen LogP contribution < -0.4 is 4.74 Å². The molecule has 0 unspecified atom stereocenters.